The molecule has 0 saturated heterocycles. The number of aliphatic hydroxyl groups is 1. The lowest BCUT2D eigenvalue weighted by atomic mass is 10.1. The second-order valence-corrected chi connectivity index (χ2v) is 7.02. The Balaban J connectivity index is 0.000000447. The first-order valence-electron chi connectivity index (χ1n) is 8.52. The summed E-state index contributed by atoms with van der Waals surface area (Å²) in [5, 5.41) is 14.0. The molecule has 2 unspecified atom stereocenters. The van der Waals surface area contributed by atoms with Crippen LogP contribution in [0.1, 0.15) is 15.9 Å². The molecule has 158 valence electrons. The molecule has 2 aromatic rings. The number of hydrogen-bond donors (Lipinski definition) is 3. The second-order valence-electron chi connectivity index (χ2n) is 5.99. The molecule has 0 bridgehead atoms. The Labute approximate surface area is 168 Å². The maximum atomic E-state index is 13.4. The average Bonchev–Trinajstić information content (AvgIpc) is 2.67. The molecule has 7 nitrogen and oxygen atoms in total. The Kier molecular flexibility index (Phi) is 10.5. The van der Waals surface area contributed by atoms with Gasteiger partial charge in [0.25, 0.3) is 5.91 Å². The normalized spacial score (nSPS) is 11.9. The van der Waals surface area contributed by atoms with Crippen molar-refractivity contribution in [3.63, 3.8) is 0 Å². The topological polar surface area (TPSA) is 111 Å². The van der Waals surface area contributed by atoms with E-state index in [9.17, 15) is 23.0 Å². The average molecular weight is 428 g/mol. The molecule has 0 radical (unpaired) electrons. The second kappa shape index (κ2) is 12.3. The number of halogens is 2. The van der Waals surface area contributed by atoms with E-state index in [-0.39, 0.29) is 28.2 Å². The van der Waals surface area contributed by atoms with Gasteiger partial charge < -0.3 is 25.4 Å². The number of nitrogens with one attached hydrogen (secondary N) is 2. The third kappa shape index (κ3) is 8.31. The third-order valence-corrected chi connectivity index (χ3v) is 4.36. The first-order valence-corrected chi connectivity index (χ1v) is 9.70. The fourth-order valence-electron chi connectivity index (χ4n) is 2.17. The van der Waals surface area contributed by atoms with Crippen molar-refractivity contribution in [2.24, 2.45) is 0 Å². The maximum Gasteiger partial charge on any atom is 0.348 e. The van der Waals surface area contributed by atoms with Crippen molar-refractivity contribution >= 4 is 24.9 Å². The van der Waals surface area contributed by atoms with Gasteiger partial charge in [0.2, 0.25) is 0 Å². The SMILES string of the molecule is CNCC(O)COC.Cc1c(F)cc(NC(=O)c2cccc([P+](=O)[O-])c2)cc1F. The minimum absolute atomic E-state index is 0.0149. The minimum Gasteiger partial charge on any atom is -0.591 e. The van der Waals surface area contributed by atoms with Gasteiger partial charge in [-0.15, -0.1) is 0 Å². The summed E-state index contributed by atoms with van der Waals surface area (Å²) in [7, 11) is 0.548. The van der Waals surface area contributed by atoms with Gasteiger partial charge in [-0.1, -0.05) is 10.6 Å². The summed E-state index contributed by atoms with van der Waals surface area (Å²) in [6.45, 7) is 2.28. The van der Waals surface area contributed by atoms with E-state index < -0.39 is 25.6 Å². The smallest absolute Gasteiger partial charge is 0.348 e. The highest BCUT2D eigenvalue weighted by Gasteiger charge is 2.14. The lowest BCUT2D eigenvalue weighted by molar-refractivity contribution is -0.160. The molecule has 2 rings (SSSR count). The van der Waals surface area contributed by atoms with E-state index in [1.807, 2.05) is 0 Å². The summed E-state index contributed by atoms with van der Waals surface area (Å²) in [5.41, 5.74) is -0.107. The lowest BCUT2D eigenvalue weighted by Gasteiger charge is -2.07. The van der Waals surface area contributed by atoms with E-state index in [4.69, 9.17) is 5.11 Å². The van der Waals surface area contributed by atoms with E-state index in [1.54, 1.807) is 14.2 Å². The van der Waals surface area contributed by atoms with Crippen LogP contribution in [0.3, 0.4) is 0 Å². The van der Waals surface area contributed by atoms with Gasteiger partial charge in [-0.25, -0.2) is 8.78 Å². The molecule has 0 heterocycles. The van der Waals surface area contributed by atoms with E-state index in [2.05, 4.69) is 15.4 Å². The Bertz CT molecular complexity index is 822. The van der Waals surface area contributed by atoms with Crippen molar-refractivity contribution in [3.05, 3.63) is 59.2 Å². The maximum absolute atomic E-state index is 13.4. The summed E-state index contributed by atoms with van der Waals surface area (Å²) < 4.78 is 42.3. The molecule has 0 fully saturated rings. The van der Waals surface area contributed by atoms with Gasteiger partial charge in [-0.2, -0.15) is 0 Å². The van der Waals surface area contributed by atoms with Gasteiger partial charge in [0, 0.05) is 36.5 Å². The Morgan fingerprint density at radius 3 is 2.41 bits per heavy atom. The number of benzene rings is 2. The van der Waals surface area contributed by atoms with Crippen LogP contribution in [0, 0.1) is 18.6 Å². The van der Waals surface area contributed by atoms with Crippen LogP contribution in [0.2, 0.25) is 0 Å². The van der Waals surface area contributed by atoms with Crippen LogP contribution in [-0.4, -0.2) is 44.4 Å². The molecule has 0 aliphatic carbocycles. The number of aliphatic hydroxyl groups excluding tert-OH is 1. The van der Waals surface area contributed by atoms with Crippen molar-refractivity contribution in [3.8, 4) is 0 Å². The summed E-state index contributed by atoms with van der Waals surface area (Å²) >= 11 is 0. The Morgan fingerprint density at radius 2 is 1.90 bits per heavy atom. The zero-order valence-corrected chi connectivity index (χ0v) is 17.1. The molecule has 0 spiro atoms. The standard InChI is InChI=1S/C14H10F2NO3P.C5H13NO2/c1-8-12(15)6-10(7-13(8)16)17-14(18)9-3-2-4-11(5-9)21(19)20;1-6-3-5(7)4-8-2/h2-7H,1H3,(H,17,18);5-7H,3-4H2,1-2H3. The van der Waals surface area contributed by atoms with Gasteiger partial charge in [0.15, 0.2) is 5.30 Å². The molecule has 29 heavy (non-hydrogen) atoms. The monoisotopic (exact) mass is 428 g/mol. The molecular weight excluding hydrogens is 405 g/mol. The summed E-state index contributed by atoms with van der Waals surface area (Å²) in [5.74, 6) is -2.21. The summed E-state index contributed by atoms with van der Waals surface area (Å²) in [6, 6.07) is 7.32. The summed E-state index contributed by atoms with van der Waals surface area (Å²) in [4.78, 5) is 22.8. The van der Waals surface area contributed by atoms with Crippen molar-refractivity contribution < 1.29 is 32.9 Å². The van der Waals surface area contributed by atoms with Crippen LogP contribution < -0.4 is 20.8 Å². The Morgan fingerprint density at radius 1 is 1.28 bits per heavy atom. The van der Waals surface area contributed by atoms with Crippen molar-refractivity contribution in [2.45, 2.75) is 13.0 Å². The lowest BCUT2D eigenvalue weighted by Crippen LogP contribution is -2.27. The number of hydrogen-bond acceptors (Lipinski definition) is 6. The fourth-order valence-corrected chi connectivity index (χ4v) is 2.62. The van der Waals surface area contributed by atoms with Crippen molar-refractivity contribution in [2.75, 3.05) is 32.6 Å². The highest BCUT2D eigenvalue weighted by molar-refractivity contribution is 7.45. The predicted molar refractivity (Wildman–Crippen MR) is 105 cm³/mol. The molecule has 0 aromatic heterocycles. The van der Waals surface area contributed by atoms with Crippen LogP contribution in [-0.2, 0) is 9.30 Å². The zero-order valence-electron chi connectivity index (χ0n) is 16.2. The van der Waals surface area contributed by atoms with Gasteiger partial charge >= 0.3 is 8.03 Å². The molecular formula is C19H23F2N2O5P. The fraction of sp³-hybridized carbons (Fsp3) is 0.316. The third-order valence-electron chi connectivity index (χ3n) is 3.66. The van der Waals surface area contributed by atoms with Crippen LogP contribution in [0.5, 0.6) is 0 Å². The number of carbonyl (C=O) groups is 1. The molecule has 3 N–H and O–H groups in total. The van der Waals surface area contributed by atoms with Crippen LogP contribution in [0.4, 0.5) is 14.5 Å². The number of methoxy groups -OCH3 is 1. The predicted octanol–water partition coefficient (Wildman–Crippen LogP) is 1.47. The number of amides is 1. The number of ether oxygens (including phenoxy) is 1. The first-order chi connectivity index (χ1) is 13.7. The van der Waals surface area contributed by atoms with Crippen LogP contribution in [0.25, 0.3) is 0 Å². The van der Waals surface area contributed by atoms with Crippen LogP contribution in [0.15, 0.2) is 36.4 Å². The van der Waals surface area contributed by atoms with Crippen molar-refractivity contribution in [1.29, 1.82) is 0 Å². The largest absolute Gasteiger partial charge is 0.591 e. The number of rotatable bonds is 7. The highest BCUT2D eigenvalue weighted by Crippen LogP contribution is 2.19. The van der Waals surface area contributed by atoms with E-state index in [0.717, 1.165) is 12.1 Å². The molecule has 0 aliphatic heterocycles. The first kappa shape index (κ1) is 24.7. The quantitative estimate of drug-likeness (QED) is 0.576. The number of likely N-dealkylation sites (N-methyl/N-ethyl adjacent to an activating group) is 1. The van der Waals surface area contributed by atoms with E-state index in [1.165, 1.54) is 31.2 Å². The highest BCUT2D eigenvalue weighted by atomic mass is 31.1. The van der Waals surface area contributed by atoms with E-state index >= 15 is 0 Å². The van der Waals surface area contributed by atoms with Gasteiger partial charge in [-0.3, -0.25) is 4.79 Å². The molecule has 1 amide bonds. The molecule has 0 aliphatic rings. The molecule has 2 atom stereocenters. The minimum atomic E-state index is -2.81. The Hall–Kier alpha value is -2.29. The van der Waals surface area contributed by atoms with Gasteiger partial charge in [-0.05, 0) is 38.2 Å². The van der Waals surface area contributed by atoms with Gasteiger partial charge in [0.1, 0.15) is 11.6 Å². The number of carbonyl (C=O) groups excluding carboxylic acids is 1. The van der Waals surface area contributed by atoms with Crippen LogP contribution >= 0.6 is 8.03 Å². The zero-order chi connectivity index (χ0) is 22.0. The molecule has 10 heteroatoms. The summed E-state index contributed by atoms with van der Waals surface area (Å²) in [6.07, 6.45) is -0.370. The number of anilines is 1. The molecule has 0 saturated carbocycles. The molecule has 2 aromatic carbocycles. The van der Waals surface area contributed by atoms with E-state index in [0.29, 0.717) is 13.2 Å². The van der Waals surface area contributed by atoms with Crippen molar-refractivity contribution in [1.82, 2.24) is 5.32 Å². The van der Waals surface area contributed by atoms with Gasteiger partial charge in [0.05, 0.1) is 12.7 Å².